The molecule has 298 valence electrons. The third-order valence-electron chi connectivity index (χ3n) is 12.7. The monoisotopic (exact) mass is 810 g/mol. The summed E-state index contributed by atoms with van der Waals surface area (Å²) in [6, 6.07) is 68.9. The Balaban J connectivity index is 0.984. The Kier molecular flexibility index (Phi) is 7.67. The highest BCUT2D eigenvalue weighted by molar-refractivity contribution is 6.27. The lowest BCUT2D eigenvalue weighted by Crippen LogP contribution is -2.10. The topological polar surface area (TPSA) is 45.9 Å². The minimum atomic E-state index is 0.858. The molecule has 0 aliphatic heterocycles. The van der Waals surface area contributed by atoms with E-state index in [1.54, 1.807) is 0 Å². The van der Waals surface area contributed by atoms with Crippen LogP contribution in [0.5, 0.6) is 0 Å². The van der Waals surface area contributed by atoms with E-state index in [2.05, 4.69) is 194 Å². The molecule has 0 bridgehead atoms. The first-order valence-electron chi connectivity index (χ1n) is 21.4. The summed E-state index contributed by atoms with van der Waals surface area (Å²) in [6.07, 6.45) is 0. The number of anilines is 6. The van der Waals surface area contributed by atoms with Gasteiger partial charge in [-0.1, -0.05) is 120 Å². The van der Waals surface area contributed by atoms with Gasteiger partial charge in [0.05, 0.1) is 11.4 Å². The van der Waals surface area contributed by atoms with Crippen LogP contribution in [0.1, 0.15) is 11.1 Å². The lowest BCUT2D eigenvalue weighted by atomic mass is 9.98. The molecule has 5 nitrogen and oxygen atoms in total. The Bertz CT molecular complexity index is 3690. The zero-order valence-corrected chi connectivity index (χ0v) is 34.6. The predicted molar refractivity (Wildman–Crippen MR) is 262 cm³/mol. The van der Waals surface area contributed by atoms with Crippen LogP contribution >= 0.6 is 0 Å². The molecular formula is C58H38N2O3. The van der Waals surface area contributed by atoms with E-state index in [0.717, 1.165) is 121 Å². The maximum absolute atomic E-state index is 6.63. The summed E-state index contributed by atoms with van der Waals surface area (Å²) in [5.41, 5.74) is 13.8. The van der Waals surface area contributed by atoms with Crippen molar-refractivity contribution in [1.29, 1.82) is 0 Å². The van der Waals surface area contributed by atoms with E-state index in [1.807, 2.05) is 24.3 Å². The number of fused-ring (bicyclic) bond motifs is 13. The van der Waals surface area contributed by atoms with Gasteiger partial charge in [0, 0.05) is 55.1 Å². The highest BCUT2D eigenvalue weighted by Crippen LogP contribution is 2.47. The number of rotatable bonds is 6. The Morgan fingerprint density at radius 3 is 1.17 bits per heavy atom. The van der Waals surface area contributed by atoms with E-state index in [1.165, 1.54) is 11.1 Å². The standard InChI is InChI=1S/C58H38N2O3/c1-35-17-23-39(24-18-35)59(49-13-7-11-47-45-9-3-5-15-51(45)62-57(47)49)41-27-29-43-37(33-41)21-31-53-55(43)56-44-30-28-42(34-38(44)22-32-54(56)61-53)60(40-25-19-36(2)20-26-40)50-14-8-12-48-46-10-4-6-16-52(46)63-58(48)50/h3-34H,1-2H3. The maximum Gasteiger partial charge on any atom is 0.159 e. The van der Waals surface area contributed by atoms with E-state index in [0.29, 0.717) is 0 Å². The van der Waals surface area contributed by atoms with Gasteiger partial charge >= 0.3 is 0 Å². The Hall–Kier alpha value is -8.28. The van der Waals surface area contributed by atoms with E-state index in [4.69, 9.17) is 13.3 Å². The summed E-state index contributed by atoms with van der Waals surface area (Å²) in [7, 11) is 0. The fourth-order valence-corrected chi connectivity index (χ4v) is 9.74. The van der Waals surface area contributed by atoms with Crippen molar-refractivity contribution >= 4 is 121 Å². The first kappa shape index (κ1) is 35.5. The molecule has 0 aliphatic rings. The number of hydrogen-bond donors (Lipinski definition) is 0. The minimum Gasteiger partial charge on any atom is -0.456 e. The minimum absolute atomic E-state index is 0.858. The second kappa shape index (κ2) is 13.6. The first-order chi connectivity index (χ1) is 31.0. The van der Waals surface area contributed by atoms with Gasteiger partial charge in [0.25, 0.3) is 0 Å². The van der Waals surface area contributed by atoms with Crippen molar-refractivity contribution in [2.75, 3.05) is 9.80 Å². The van der Waals surface area contributed by atoms with E-state index in [9.17, 15) is 0 Å². The average molecular weight is 811 g/mol. The van der Waals surface area contributed by atoms with Crippen LogP contribution in [0.15, 0.2) is 207 Å². The summed E-state index contributed by atoms with van der Waals surface area (Å²) in [6.45, 7) is 4.25. The smallest absolute Gasteiger partial charge is 0.159 e. The van der Waals surface area contributed by atoms with Crippen molar-refractivity contribution < 1.29 is 13.3 Å². The first-order valence-corrected chi connectivity index (χ1v) is 21.4. The van der Waals surface area contributed by atoms with Gasteiger partial charge in [0.1, 0.15) is 22.3 Å². The lowest BCUT2D eigenvalue weighted by Gasteiger charge is -2.26. The van der Waals surface area contributed by atoms with Crippen LogP contribution in [0.25, 0.3) is 87.4 Å². The summed E-state index contributed by atoms with van der Waals surface area (Å²) < 4.78 is 19.8. The van der Waals surface area contributed by atoms with Crippen LogP contribution in [0, 0.1) is 13.8 Å². The van der Waals surface area contributed by atoms with Gasteiger partial charge in [-0.15, -0.1) is 0 Å². The molecule has 3 heterocycles. The molecule has 0 N–H and O–H groups in total. The van der Waals surface area contributed by atoms with E-state index in [-0.39, 0.29) is 0 Å². The van der Waals surface area contributed by atoms with Crippen LogP contribution < -0.4 is 9.80 Å². The van der Waals surface area contributed by atoms with Gasteiger partial charge in [-0.05, 0) is 120 Å². The number of hydrogen-bond acceptors (Lipinski definition) is 5. The van der Waals surface area contributed by atoms with Crippen LogP contribution in [0.3, 0.4) is 0 Å². The molecule has 10 aromatic carbocycles. The predicted octanol–water partition coefficient (Wildman–Crippen LogP) is 17.2. The number of furan rings is 3. The quantitative estimate of drug-likeness (QED) is 0.167. The zero-order chi connectivity index (χ0) is 41.8. The second-order valence-corrected chi connectivity index (χ2v) is 16.6. The third-order valence-corrected chi connectivity index (χ3v) is 12.7. The molecule has 0 radical (unpaired) electrons. The summed E-state index contributed by atoms with van der Waals surface area (Å²) in [5.74, 6) is 0. The molecule has 0 amide bonds. The van der Waals surface area contributed by atoms with Crippen molar-refractivity contribution in [3.63, 3.8) is 0 Å². The molecule has 63 heavy (non-hydrogen) atoms. The molecule has 0 unspecified atom stereocenters. The molecule has 0 saturated heterocycles. The largest absolute Gasteiger partial charge is 0.456 e. The molecule has 13 rings (SSSR count). The van der Waals surface area contributed by atoms with Crippen LogP contribution in [-0.2, 0) is 0 Å². The number of benzene rings is 10. The molecule has 0 fully saturated rings. The Morgan fingerprint density at radius 2 is 0.714 bits per heavy atom. The molecule has 5 heteroatoms. The van der Waals surface area contributed by atoms with Crippen molar-refractivity contribution in [1.82, 2.24) is 0 Å². The van der Waals surface area contributed by atoms with Crippen LogP contribution in [-0.4, -0.2) is 0 Å². The molecular weight excluding hydrogens is 773 g/mol. The average Bonchev–Trinajstić information content (AvgIpc) is 4.03. The fraction of sp³-hybridized carbons (Fsp3) is 0.0345. The summed E-state index contributed by atoms with van der Waals surface area (Å²) in [4.78, 5) is 4.62. The maximum atomic E-state index is 6.63. The van der Waals surface area contributed by atoms with E-state index >= 15 is 0 Å². The van der Waals surface area contributed by atoms with Crippen molar-refractivity contribution in [3.8, 4) is 0 Å². The fourth-order valence-electron chi connectivity index (χ4n) is 9.74. The summed E-state index contributed by atoms with van der Waals surface area (Å²) in [5, 5.41) is 11.1. The van der Waals surface area contributed by atoms with Gasteiger partial charge in [-0.3, -0.25) is 0 Å². The number of para-hydroxylation sites is 4. The SMILES string of the molecule is Cc1ccc(N(c2ccc3c(ccc4oc5ccc6cc(N(c7ccc(C)cc7)c7cccc8c7oc7ccccc78)ccc6c5c43)c2)c2cccc3c2oc2ccccc23)cc1. The number of nitrogens with zero attached hydrogens (tertiary/aromatic N) is 2. The van der Waals surface area contributed by atoms with Gasteiger partial charge in [0.2, 0.25) is 0 Å². The van der Waals surface area contributed by atoms with Crippen LogP contribution in [0.2, 0.25) is 0 Å². The Morgan fingerprint density at radius 1 is 0.302 bits per heavy atom. The van der Waals surface area contributed by atoms with Crippen molar-refractivity contribution in [3.05, 3.63) is 205 Å². The van der Waals surface area contributed by atoms with Crippen LogP contribution in [0.4, 0.5) is 34.1 Å². The number of aryl methyl sites for hydroxylation is 2. The van der Waals surface area contributed by atoms with Crippen molar-refractivity contribution in [2.24, 2.45) is 0 Å². The summed E-state index contributed by atoms with van der Waals surface area (Å²) >= 11 is 0. The van der Waals surface area contributed by atoms with Gasteiger partial charge in [0.15, 0.2) is 11.2 Å². The van der Waals surface area contributed by atoms with Gasteiger partial charge in [-0.25, -0.2) is 0 Å². The lowest BCUT2D eigenvalue weighted by molar-refractivity contribution is 0.668. The van der Waals surface area contributed by atoms with Crippen molar-refractivity contribution in [2.45, 2.75) is 13.8 Å². The molecule has 0 spiro atoms. The molecule has 13 aromatic rings. The molecule has 0 aliphatic carbocycles. The molecule has 0 saturated carbocycles. The molecule has 3 aromatic heterocycles. The van der Waals surface area contributed by atoms with Gasteiger partial charge < -0.3 is 23.1 Å². The highest BCUT2D eigenvalue weighted by atomic mass is 16.3. The second-order valence-electron chi connectivity index (χ2n) is 16.6. The Labute approximate surface area is 362 Å². The zero-order valence-electron chi connectivity index (χ0n) is 34.6. The third kappa shape index (κ3) is 5.49. The molecule has 0 atom stereocenters. The van der Waals surface area contributed by atoms with E-state index < -0.39 is 0 Å². The highest BCUT2D eigenvalue weighted by Gasteiger charge is 2.23. The normalized spacial score (nSPS) is 12.0. The van der Waals surface area contributed by atoms with Gasteiger partial charge in [-0.2, -0.15) is 0 Å².